The minimum Gasteiger partial charge on any atom is -0.387 e. The summed E-state index contributed by atoms with van der Waals surface area (Å²) in [7, 11) is 0. The van der Waals surface area contributed by atoms with Gasteiger partial charge in [0.15, 0.2) is 0 Å². The molecular weight excluding hydrogens is 286 g/mol. The minimum absolute atomic E-state index is 0.450. The molecule has 2 aromatic carbocycles. The van der Waals surface area contributed by atoms with Crippen molar-refractivity contribution in [3.05, 3.63) is 65.7 Å². The summed E-state index contributed by atoms with van der Waals surface area (Å²) < 4.78 is 0. The van der Waals surface area contributed by atoms with Crippen molar-refractivity contribution in [1.82, 2.24) is 4.90 Å². The molecule has 1 aliphatic rings. The van der Waals surface area contributed by atoms with Gasteiger partial charge in [-0.15, -0.1) is 0 Å². The summed E-state index contributed by atoms with van der Waals surface area (Å²) in [5.74, 6) is 0. The first-order chi connectivity index (χ1) is 11.3. The predicted octanol–water partition coefficient (Wildman–Crippen LogP) is 2.41. The van der Waals surface area contributed by atoms with Gasteiger partial charge in [-0.05, 0) is 17.7 Å². The quantitative estimate of drug-likeness (QED) is 0.942. The molecule has 4 nitrogen and oxygen atoms in total. The molecule has 0 aromatic heterocycles. The van der Waals surface area contributed by atoms with Crippen molar-refractivity contribution in [2.45, 2.75) is 6.10 Å². The largest absolute Gasteiger partial charge is 0.387 e. The van der Waals surface area contributed by atoms with Crippen LogP contribution in [0.1, 0.15) is 17.2 Å². The van der Waals surface area contributed by atoms with Crippen molar-refractivity contribution >= 4 is 5.69 Å². The van der Waals surface area contributed by atoms with E-state index in [9.17, 15) is 10.4 Å². The monoisotopic (exact) mass is 307 g/mol. The number of nitriles is 1. The molecule has 4 heteroatoms. The molecule has 3 rings (SSSR count). The maximum Gasteiger partial charge on any atom is 0.101 e. The number of para-hydroxylation sites is 1. The van der Waals surface area contributed by atoms with E-state index >= 15 is 0 Å². The van der Waals surface area contributed by atoms with Crippen LogP contribution in [0.25, 0.3) is 0 Å². The number of nitrogens with zero attached hydrogens (tertiary/aromatic N) is 3. The lowest BCUT2D eigenvalue weighted by molar-refractivity contribution is 0.109. The summed E-state index contributed by atoms with van der Waals surface area (Å²) in [6.45, 7) is 4.19. The Morgan fingerprint density at radius 3 is 2.30 bits per heavy atom. The summed E-state index contributed by atoms with van der Waals surface area (Å²) in [6, 6.07) is 19.8. The molecule has 1 heterocycles. The van der Waals surface area contributed by atoms with Crippen LogP contribution >= 0.6 is 0 Å². The zero-order valence-electron chi connectivity index (χ0n) is 13.1. The SMILES string of the molecule is N#Cc1ccccc1N1CCN(C[C@H](O)c2ccccc2)CC1. The molecule has 1 saturated heterocycles. The van der Waals surface area contributed by atoms with E-state index < -0.39 is 6.10 Å². The molecule has 0 amide bonds. The van der Waals surface area contributed by atoms with Crippen LogP contribution in [-0.4, -0.2) is 42.7 Å². The molecule has 2 aromatic rings. The lowest BCUT2D eigenvalue weighted by Gasteiger charge is -2.37. The number of anilines is 1. The van der Waals surface area contributed by atoms with Gasteiger partial charge >= 0.3 is 0 Å². The molecule has 0 aliphatic carbocycles. The van der Waals surface area contributed by atoms with Gasteiger partial charge < -0.3 is 10.0 Å². The number of β-amino-alcohol motifs (C(OH)–C–C–N with tert-alkyl or cyclic N) is 1. The van der Waals surface area contributed by atoms with E-state index in [4.69, 9.17) is 0 Å². The van der Waals surface area contributed by atoms with Crippen LogP contribution in [0, 0.1) is 11.3 Å². The van der Waals surface area contributed by atoms with Crippen molar-refractivity contribution < 1.29 is 5.11 Å². The fourth-order valence-corrected chi connectivity index (χ4v) is 3.04. The molecule has 0 saturated carbocycles. The summed E-state index contributed by atoms with van der Waals surface area (Å²) >= 11 is 0. The Labute approximate surface area is 137 Å². The standard InChI is InChI=1S/C19H21N3O/c20-14-17-8-4-5-9-18(17)22-12-10-21(11-13-22)15-19(23)16-6-2-1-3-7-16/h1-9,19,23H,10-13,15H2/t19-/m0/s1. The minimum atomic E-state index is -0.450. The Balaban J connectivity index is 1.58. The van der Waals surface area contributed by atoms with Crippen LogP contribution in [0.5, 0.6) is 0 Å². The third-order valence-electron chi connectivity index (χ3n) is 4.35. The molecule has 0 unspecified atom stereocenters. The summed E-state index contributed by atoms with van der Waals surface area (Å²) in [6.07, 6.45) is -0.450. The Morgan fingerprint density at radius 2 is 1.61 bits per heavy atom. The van der Waals surface area contributed by atoms with Gasteiger partial charge in [-0.25, -0.2) is 0 Å². The van der Waals surface area contributed by atoms with Crippen molar-refractivity contribution in [1.29, 1.82) is 5.26 Å². The molecule has 118 valence electrons. The van der Waals surface area contributed by atoms with Gasteiger partial charge in [-0.3, -0.25) is 4.90 Å². The molecule has 0 spiro atoms. The first-order valence-corrected chi connectivity index (χ1v) is 7.97. The van der Waals surface area contributed by atoms with Crippen molar-refractivity contribution in [2.75, 3.05) is 37.6 Å². The Bertz CT molecular complexity index is 673. The molecular formula is C19H21N3O. The highest BCUT2D eigenvalue weighted by Crippen LogP contribution is 2.22. The second kappa shape index (κ2) is 7.28. The van der Waals surface area contributed by atoms with E-state index in [0.717, 1.165) is 43.0 Å². The Hall–Kier alpha value is -2.35. The van der Waals surface area contributed by atoms with E-state index in [2.05, 4.69) is 15.9 Å². The normalized spacial score (nSPS) is 16.8. The number of benzene rings is 2. The van der Waals surface area contributed by atoms with E-state index in [1.165, 1.54) is 0 Å². The van der Waals surface area contributed by atoms with Crippen LogP contribution in [0.4, 0.5) is 5.69 Å². The van der Waals surface area contributed by atoms with E-state index in [-0.39, 0.29) is 0 Å². The highest BCUT2D eigenvalue weighted by Gasteiger charge is 2.21. The summed E-state index contributed by atoms with van der Waals surface area (Å²) in [5.41, 5.74) is 2.70. The van der Waals surface area contributed by atoms with Gasteiger partial charge in [0, 0.05) is 32.7 Å². The first kappa shape index (κ1) is 15.5. The topological polar surface area (TPSA) is 50.5 Å². The average Bonchev–Trinajstić information content (AvgIpc) is 2.63. The maximum atomic E-state index is 10.3. The zero-order chi connectivity index (χ0) is 16.1. The number of aliphatic hydroxyl groups is 1. The predicted molar refractivity (Wildman–Crippen MR) is 91.2 cm³/mol. The second-order valence-electron chi connectivity index (χ2n) is 5.84. The van der Waals surface area contributed by atoms with Crippen LogP contribution in [0.2, 0.25) is 0 Å². The zero-order valence-corrected chi connectivity index (χ0v) is 13.1. The molecule has 1 aliphatic heterocycles. The van der Waals surface area contributed by atoms with Gasteiger partial charge in [0.05, 0.1) is 17.4 Å². The summed E-state index contributed by atoms with van der Waals surface area (Å²) in [4.78, 5) is 4.53. The lowest BCUT2D eigenvalue weighted by atomic mass is 10.1. The lowest BCUT2D eigenvalue weighted by Crippen LogP contribution is -2.47. The molecule has 1 atom stereocenters. The number of aliphatic hydroxyl groups excluding tert-OH is 1. The van der Waals surface area contributed by atoms with Crippen molar-refractivity contribution in [2.24, 2.45) is 0 Å². The van der Waals surface area contributed by atoms with E-state index in [1.54, 1.807) is 0 Å². The van der Waals surface area contributed by atoms with Gasteiger partial charge in [-0.2, -0.15) is 5.26 Å². The van der Waals surface area contributed by atoms with Crippen LogP contribution in [-0.2, 0) is 0 Å². The van der Waals surface area contributed by atoms with Gasteiger partial charge in [0.25, 0.3) is 0 Å². The van der Waals surface area contributed by atoms with Crippen molar-refractivity contribution in [3.8, 4) is 6.07 Å². The average molecular weight is 307 g/mol. The van der Waals surface area contributed by atoms with E-state index in [1.807, 2.05) is 54.6 Å². The van der Waals surface area contributed by atoms with Crippen molar-refractivity contribution in [3.63, 3.8) is 0 Å². The molecule has 1 N–H and O–H groups in total. The number of piperazine rings is 1. The van der Waals surface area contributed by atoms with Crippen LogP contribution in [0.15, 0.2) is 54.6 Å². The number of rotatable bonds is 4. The van der Waals surface area contributed by atoms with Gasteiger partial charge in [0.2, 0.25) is 0 Å². The molecule has 1 fully saturated rings. The third kappa shape index (κ3) is 3.70. The third-order valence-corrected chi connectivity index (χ3v) is 4.35. The smallest absolute Gasteiger partial charge is 0.101 e. The molecule has 23 heavy (non-hydrogen) atoms. The Morgan fingerprint density at radius 1 is 0.957 bits per heavy atom. The molecule has 0 radical (unpaired) electrons. The number of hydrogen-bond donors (Lipinski definition) is 1. The second-order valence-corrected chi connectivity index (χ2v) is 5.84. The van der Waals surface area contributed by atoms with Gasteiger partial charge in [0.1, 0.15) is 6.07 Å². The highest BCUT2D eigenvalue weighted by atomic mass is 16.3. The van der Waals surface area contributed by atoms with Crippen LogP contribution < -0.4 is 4.90 Å². The summed E-state index contributed by atoms with van der Waals surface area (Å²) in [5, 5.41) is 19.6. The molecule has 0 bridgehead atoms. The fraction of sp³-hybridized carbons (Fsp3) is 0.316. The van der Waals surface area contributed by atoms with E-state index in [0.29, 0.717) is 6.54 Å². The van der Waals surface area contributed by atoms with Gasteiger partial charge in [-0.1, -0.05) is 42.5 Å². The van der Waals surface area contributed by atoms with Crippen LogP contribution in [0.3, 0.4) is 0 Å². The maximum absolute atomic E-state index is 10.3. The number of hydrogen-bond acceptors (Lipinski definition) is 4. The Kier molecular flexibility index (Phi) is 4.92. The fourth-order valence-electron chi connectivity index (χ4n) is 3.04. The first-order valence-electron chi connectivity index (χ1n) is 7.97. The highest BCUT2D eigenvalue weighted by molar-refractivity contribution is 5.59.